The highest BCUT2D eigenvalue weighted by atomic mass is 32.1. The monoisotopic (exact) mass is 253 g/mol. The van der Waals surface area contributed by atoms with Crippen molar-refractivity contribution in [1.82, 2.24) is 9.80 Å². The molecule has 1 atom stereocenters. The maximum absolute atomic E-state index is 5.95. The van der Waals surface area contributed by atoms with Gasteiger partial charge in [-0.1, -0.05) is 6.07 Å². The Hall–Kier alpha value is -0.420. The average molecular weight is 253 g/mol. The largest absolute Gasteiger partial charge is 0.329 e. The molecule has 0 bridgehead atoms. The number of hydrogen-bond acceptors (Lipinski definition) is 4. The molecule has 1 aliphatic rings. The van der Waals surface area contributed by atoms with E-state index in [0.717, 1.165) is 0 Å². The van der Waals surface area contributed by atoms with E-state index < -0.39 is 0 Å². The number of thiophene rings is 1. The number of hydrogen-bond donors (Lipinski definition) is 1. The lowest BCUT2D eigenvalue weighted by atomic mass is 10.0. The first-order chi connectivity index (χ1) is 8.22. The molecule has 1 aromatic rings. The van der Waals surface area contributed by atoms with Crippen LogP contribution in [0, 0.1) is 0 Å². The highest BCUT2D eigenvalue weighted by molar-refractivity contribution is 7.10. The number of nitrogens with zero attached hydrogens (tertiary/aromatic N) is 2. The van der Waals surface area contributed by atoms with E-state index in [1.165, 1.54) is 30.8 Å². The summed E-state index contributed by atoms with van der Waals surface area (Å²) in [5.74, 6) is 0. The number of rotatable bonds is 4. The van der Waals surface area contributed by atoms with Crippen LogP contribution in [0.3, 0.4) is 0 Å². The summed E-state index contributed by atoms with van der Waals surface area (Å²) >= 11 is 1.82. The maximum atomic E-state index is 5.95. The molecule has 2 N–H and O–H groups in total. The van der Waals surface area contributed by atoms with Crippen LogP contribution in [0.4, 0.5) is 0 Å². The molecule has 2 heterocycles. The minimum Gasteiger partial charge on any atom is -0.329 e. The Labute approximate surface area is 108 Å². The molecule has 2 rings (SSSR count). The maximum Gasteiger partial charge on any atom is 0.0564 e. The number of piperidine rings is 1. The van der Waals surface area contributed by atoms with Gasteiger partial charge in [-0.25, -0.2) is 0 Å². The summed E-state index contributed by atoms with van der Waals surface area (Å²) in [6, 6.07) is 5.39. The third kappa shape index (κ3) is 3.07. The van der Waals surface area contributed by atoms with Crippen molar-refractivity contribution in [1.29, 1.82) is 0 Å². The zero-order chi connectivity index (χ0) is 12.3. The number of likely N-dealkylation sites (N-methyl/N-ethyl adjacent to an activating group) is 1. The van der Waals surface area contributed by atoms with Gasteiger partial charge in [-0.05, 0) is 51.5 Å². The molecule has 0 radical (unpaired) electrons. The molecule has 1 aromatic heterocycles. The standard InChI is InChI=1S/C13H23N3S/c1-15-7-5-11(6-8-15)16(2)12(10-14)13-4-3-9-17-13/h3-4,9,11-12H,5-8,10,14H2,1-2H3. The van der Waals surface area contributed by atoms with E-state index in [9.17, 15) is 0 Å². The van der Waals surface area contributed by atoms with Crippen molar-refractivity contribution in [3.63, 3.8) is 0 Å². The zero-order valence-corrected chi connectivity index (χ0v) is 11.6. The molecule has 0 spiro atoms. The summed E-state index contributed by atoms with van der Waals surface area (Å²) in [4.78, 5) is 6.29. The molecule has 4 heteroatoms. The van der Waals surface area contributed by atoms with Gasteiger partial charge in [-0.3, -0.25) is 4.90 Å². The molecule has 0 aliphatic carbocycles. The molecular formula is C13H23N3S. The normalized spacial score (nSPS) is 20.9. The van der Waals surface area contributed by atoms with Crippen molar-refractivity contribution in [2.24, 2.45) is 5.73 Å². The minimum atomic E-state index is 0.392. The smallest absolute Gasteiger partial charge is 0.0564 e. The number of likely N-dealkylation sites (tertiary alicyclic amines) is 1. The Morgan fingerprint density at radius 3 is 2.76 bits per heavy atom. The quantitative estimate of drug-likeness (QED) is 0.888. The molecular weight excluding hydrogens is 230 g/mol. The van der Waals surface area contributed by atoms with Crippen LogP contribution < -0.4 is 5.73 Å². The van der Waals surface area contributed by atoms with Gasteiger partial charge in [0.05, 0.1) is 6.04 Å². The molecule has 1 saturated heterocycles. The summed E-state index contributed by atoms with van der Waals surface area (Å²) in [6.07, 6.45) is 2.52. The van der Waals surface area contributed by atoms with E-state index in [4.69, 9.17) is 5.73 Å². The summed E-state index contributed by atoms with van der Waals surface area (Å²) < 4.78 is 0. The van der Waals surface area contributed by atoms with Gasteiger partial charge in [0.15, 0.2) is 0 Å². The van der Waals surface area contributed by atoms with Crippen molar-refractivity contribution in [3.8, 4) is 0 Å². The van der Waals surface area contributed by atoms with Crippen molar-refractivity contribution < 1.29 is 0 Å². The summed E-state index contributed by atoms with van der Waals surface area (Å²) in [7, 11) is 4.43. The fourth-order valence-corrected chi connectivity index (χ4v) is 3.51. The molecule has 0 amide bonds. The van der Waals surface area contributed by atoms with Gasteiger partial charge in [0.1, 0.15) is 0 Å². The van der Waals surface area contributed by atoms with Crippen molar-refractivity contribution in [3.05, 3.63) is 22.4 Å². The highest BCUT2D eigenvalue weighted by Gasteiger charge is 2.26. The van der Waals surface area contributed by atoms with Crippen LogP contribution in [0.25, 0.3) is 0 Å². The second-order valence-corrected chi connectivity index (χ2v) is 5.95. The third-order valence-corrected chi connectivity index (χ3v) is 4.82. The van der Waals surface area contributed by atoms with Gasteiger partial charge in [0.2, 0.25) is 0 Å². The van der Waals surface area contributed by atoms with Gasteiger partial charge < -0.3 is 10.6 Å². The van der Waals surface area contributed by atoms with Crippen LogP contribution in [0.5, 0.6) is 0 Å². The fraction of sp³-hybridized carbons (Fsp3) is 0.692. The number of nitrogens with two attached hydrogens (primary N) is 1. The second-order valence-electron chi connectivity index (χ2n) is 4.97. The van der Waals surface area contributed by atoms with Gasteiger partial charge in [0, 0.05) is 17.5 Å². The van der Waals surface area contributed by atoms with Gasteiger partial charge in [0.25, 0.3) is 0 Å². The summed E-state index contributed by atoms with van der Waals surface area (Å²) in [6.45, 7) is 3.12. The van der Waals surface area contributed by atoms with Gasteiger partial charge in [-0.2, -0.15) is 0 Å². The van der Waals surface area contributed by atoms with Crippen LogP contribution in [0.15, 0.2) is 17.5 Å². The Morgan fingerprint density at radius 1 is 1.53 bits per heavy atom. The molecule has 1 aliphatic heterocycles. The van der Waals surface area contributed by atoms with Crippen LogP contribution in [-0.2, 0) is 0 Å². The van der Waals surface area contributed by atoms with Crippen molar-refractivity contribution >= 4 is 11.3 Å². The molecule has 3 nitrogen and oxygen atoms in total. The summed E-state index contributed by atoms with van der Waals surface area (Å²) in [5.41, 5.74) is 5.95. The lowest BCUT2D eigenvalue weighted by Crippen LogP contribution is -2.44. The molecule has 0 aromatic carbocycles. The third-order valence-electron chi connectivity index (χ3n) is 3.85. The van der Waals surface area contributed by atoms with E-state index in [-0.39, 0.29) is 0 Å². The lowest BCUT2D eigenvalue weighted by Gasteiger charge is -2.38. The summed E-state index contributed by atoms with van der Waals surface area (Å²) in [5, 5.41) is 2.14. The first-order valence-corrected chi connectivity index (χ1v) is 7.24. The van der Waals surface area contributed by atoms with E-state index >= 15 is 0 Å². The molecule has 17 heavy (non-hydrogen) atoms. The van der Waals surface area contributed by atoms with Crippen LogP contribution in [0.2, 0.25) is 0 Å². The van der Waals surface area contributed by atoms with E-state index in [0.29, 0.717) is 18.6 Å². The average Bonchev–Trinajstić information content (AvgIpc) is 2.84. The van der Waals surface area contributed by atoms with E-state index in [1.54, 1.807) is 0 Å². The van der Waals surface area contributed by atoms with E-state index in [2.05, 4.69) is 41.4 Å². The molecule has 96 valence electrons. The van der Waals surface area contributed by atoms with Gasteiger partial charge in [-0.15, -0.1) is 11.3 Å². The Balaban J connectivity index is 2.00. The Bertz CT molecular complexity index is 317. The first-order valence-electron chi connectivity index (χ1n) is 6.36. The van der Waals surface area contributed by atoms with Gasteiger partial charge >= 0.3 is 0 Å². The predicted octanol–water partition coefficient (Wildman–Crippen LogP) is 1.77. The molecule has 1 unspecified atom stereocenters. The van der Waals surface area contributed by atoms with Crippen LogP contribution >= 0.6 is 11.3 Å². The first kappa shape index (κ1) is 13.0. The molecule has 1 fully saturated rings. The topological polar surface area (TPSA) is 32.5 Å². The minimum absolute atomic E-state index is 0.392. The van der Waals surface area contributed by atoms with Crippen molar-refractivity contribution in [2.75, 3.05) is 33.7 Å². The SMILES string of the molecule is CN1CCC(N(C)C(CN)c2cccs2)CC1. The fourth-order valence-electron chi connectivity index (χ4n) is 2.62. The van der Waals surface area contributed by atoms with Crippen LogP contribution in [-0.4, -0.2) is 49.6 Å². The zero-order valence-electron chi connectivity index (χ0n) is 10.8. The van der Waals surface area contributed by atoms with Crippen LogP contribution in [0.1, 0.15) is 23.8 Å². The van der Waals surface area contributed by atoms with E-state index in [1.807, 2.05) is 11.3 Å². The predicted molar refractivity (Wildman–Crippen MR) is 74.4 cm³/mol. The van der Waals surface area contributed by atoms with Crippen molar-refractivity contribution in [2.45, 2.75) is 24.9 Å². The lowest BCUT2D eigenvalue weighted by molar-refractivity contribution is 0.111. The second kappa shape index (κ2) is 5.96. The highest BCUT2D eigenvalue weighted by Crippen LogP contribution is 2.27. The Kier molecular flexibility index (Phi) is 4.56. The Morgan fingerprint density at radius 2 is 2.24 bits per heavy atom. The molecule has 0 saturated carbocycles.